The average molecular weight is 831 g/mol. The third-order valence-electron chi connectivity index (χ3n) is 12.2. The second kappa shape index (κ2) is 20.4. The smallest absolute Gasteiger partial charge is 0.187 e. The molecule has 0 amide bonds. The summed E-state index contributed by atoms with van der Waals surface area (Å²) in [6.07, 6.45) is -29.3. The topological polar surface area (TPSA) is 306 Å². The average Bonchev–Trinajstić information content (AvgIpc) is 3.20. The van der Waals surface area contributed by atoms with E-state index in [2.05, 4.69) is 0 Å². The third-order valence-corrected chi connectivity index (χ3v) is 12.2. The first kappa shape index (κ1) is 47.3. The minimum absolute atomic E-state index is 0.199. The molecule has 0 spiro atoms. The highest BCUT2D eigenvalue weighted by atomic mass is 16.8. The van der Waals surface area contributed by atoms with Crippen LogP contribution in [0.5, 0.6) is 0 Å². The van der Waals surface area contributed by atoms with Crippen molar-refractivity contribution >= 4 is 0 Å². The van der Waals surface area contributed by atoms with Gasteiger partial charge in [-0.15, -0.1) is 0 Å². The Morgan fingerprint density at radius 1 is 0.333 bits per heavy atom. The van der Waals surface area contributed by atoms with Crippen LogP contribution in [0.1, 0.15) is 67.2 Å². The predicted octanol–water partition coefficient (Wildman–Crippen LogP) is -3.66. The van der Waals surface area contributed by atoms with Crippen molar-refractivity contribution in [3.05, 3.63) is 0 Å². The van der Waals surface area contributed by atoms with Crippen molar-refractivity contribution in [1.29, 1.82) is 0 Å². The van der Waals surface area contributed by atoms with Crippen LogP contribution in [0.4, 0.5) is 0 Å². The van der Waals surface area contributed by atoms with E-state index < -0.39 is 154 Å². The molecule has 5 heterocycles. The quantitative estimate of drug-likeness (QED) is 0.0804. The summed E-state index contributed by atoms with van der Waals surface area (Å²) < 4.78 is 53.6. The van der Waals surface area contributed by atoms with E-state index >= 15 is 0 Å². The van der Waals surface area contributed by atoms with Gasteiger partial charge in [-0.1, -0.05) is 41.5 Å². The van der Waals surface area contributed by atoms with E-state index in [4.69, 9.17) is 42.6 Å². The van der Waals surface area contributed by atoms with Gasteiger partial charge in [0.1, 0.15) is 79.4 Å². The molecular weight excluding hydrogens is 764 g/mol. The Hall–Kier alpha value is -0.800. The standard InChI is InChI=1S/C37H66O20/c1-7-15-13(5)21(40)30(19(11-38)49-15)54-36-28(47)32(24(43)17(9-3)51-36)56-34-14(6)22(41)31(20(12-39)53-34)55-37-29(48)33(25(44)18(10-4)52-37)57-35-27(46)26(45)23(42)16(8-2)50-35/h13-48H,7-12H2,1-6H3/t13?,14-,15-,16-,17?,18-,19-,20?,21?,22?,23-,24+,25-,26?,27?,28-,29?,30-,31+,32?,33?,34+,35-,36+,37-/m1/s1. The molecule has 5 saturated heterocycles. The molecular formula is C37H66O20. The molecule has 0 aliphatic carbocycles. The van der Waals surface area contributed by atoms with Crippen molar-refractivity contribution in [3.8, 4) is 0 Å². The second-order valence-corrected chi connectivity index (χ2v) is 15.9. The first-order valence-corrected chi connectivity index (χ1v) is 20.3. The van der Waals surface area contributed by atoms with Crippen LogP contribution in [0.2, 0.25) is 0 Å². The molecule has 0 aromatic rings. The van der Waals surface area contributed by atoms with Crippen LogP contribution < -0.4 is 0 Å². The number of hydrogen-bond donors (Lipinski definition) is 11. The maximum atomic E-state index is 11.6. The van der Waals surface area contributed by atoms with Gasteiger partial charge in [0.25, 0.3) is 0 Å². The molecule has 11 N–H and O–H groups in total. The van der Waals surface area contributed by atoms with Crippen LogP contribution in [-0.2, 0) is 42.6 Å². The van der Waals surface area contributed by atoms with Crippen molar-refractivity contribution in [2.45, 2.75) is 208 Å². The Bertz CT molecular complexity index is 1220. The first-order chi connectivity index (χ1) is 27.1. The highest BCUT2D eigenvalue weighted by molar-refractivity contribution is 4.98. The second-order valence-electron chi connectivity index (χ2n) is 15.9. The van der Waals surface area contributed by atoms with Gasteiger partial charge in [-0.2, -0.15) is 0 Å². The fourth-order valence-corrected chi connectivity index (χ4v) is 8.48. The third kappa shape index (κ3) is 9.66. The van der Waals surface area contributed by atoms with Crippen molar-refractivity contribution in [3.63, 3.8) is 0 Å². The predicted molar refractivity (Wildman–Crippen MR) is 191 cm³/mol. The van der Waals surface area contributed by atoms with Crippen molar-refractivity contribution in [2.24, 2.45) is 11.8 Å². The SMILES string of the molecule is CCC1O[C@@H](O[C@H]2C(O)C(C)[C@@H](CC)O[C@@H]2CO)[C@H](O)C(O[C@@H]2OC(CO)[C@H](O[C@H]3O[C@H](CC)[C@@H](O)C(O[C@H]4O[C@H](CC)[C@@H](O)C(O)C4O)C3O)C(O)[C@H]2C)[C@H]1O. The summed E-state index contributed by atoms with van der Waals surface area (Å²) in [6.45, 7) is 9.10. The molecule has 0 aromatic carbocycles. The lowest BCUT2D eigenvalue weighted by Gasteiger charge is -2.50. The Morgan fingerprint density at radius 2 is 0.684 bits per heavy atom. The van der Waals surface area contributed by atoms with E-state index in [0.717, 1.165) is 0 Å². The summed E-state index contributed by atoms with van der Waals surface area (Å²) >= 11 is 0. The van der Waals surface area contributed by atoms with E-state index in [9.17, 15) is 56.2 Å². The maximum absolute atomic E-state index is 11.6. The number of hydrogen-bond acceptors (Lipinski definition) is 20. The molecule has 334 valence electrons. The van der Waals surface area contributed by atoms with Gasteiger partial charge < -0.3 is 98.8 Å². The Labute approximate surface area is 332 Å². The molecule has 5 rings (SSSR count). The minimum Gasteiger partial charge on any atom is -0.394 e. The van der Waals surface area contributed by atoms with Gasteiger partial charge in [0, 0.05) is 11.8 Å². The lowest BCUT2D eigenvalue weighted by atomic mass is 9.86. The molecule has 10 unspecified atom stereocenters. The lowest BCUT2D eigenvalue weighted by Crippen LogP contribution is -2.66. The molecule has 0 aromatic heterocycles. The van der Waals surface area contributed by atoms with Gasteiger partial charge >= 0.3 is 0 Å². The summed E-state index contributed by atoms with van der Waals surface area (Å²) in [5.41, 5.74) is 0. The summed E-state index contributed by atoms with van der Waals surface area (Å²) in [4.78, 5) is 0. The van der Waals surface area contributed by atoms with Gasteiger partial charge in [-0.3, -0.25) is 0 Å². The number of aliphatic hydroxyl groups excluding tert-OH is 11. The van der Waals surface area contributed by atoms with Crippen LogP contribution >= 0.6 is 0 Å². The fraction of sp³-hybridized carbons (Fsp3) is 1.00. The lowest BCUT2D eigenvalue weighted by molar-refractivity contribution is -0.386. The van der Waals surface area contributed by atoms with Gasteiger partial charge in [0.2, 0.25) is 0 Å². The Balaban J connectivity index is 1.29. The van der Waals surface area contributed by atoms with Gasteiger partial charge in [0.05, 0.1) is 49.8 Å². The van der Waals surface area contributed by atoms with Gasteiger partial charge in [-0.05, 0) is 25.7 Å². The highest BCUT2D eigenvalue weighted by Gasteiger charge is 2.55. The first-order valence-electron chi connectivity index (χ1n) is 20.3. The van der Waals surface area contributed by atoms with E-state index in [-0.39, 0.29) is 31.3 Å². The Morgan fingerprint density at radius 3 is 1.12 bits per heavy atom. The van der Waals surface area contributed by atoms with Crippen molar-refractivity contribution in [2.75, 3.05) is 13.2 Å². The number of ether oxygens (including phenoxy) is 9. The van der Waals surface area contributed by atoms with E-state index in [1.54, 1.807) is 27.7 Å². The zero-order chi connectivity index (χ0) is 42.0. The van der Waals surface area contributed by atoms with Crippen LogP contribution in [0.15, 0.2) is 0 Å². The molecule has 0 saturated carbocycles. The molecule has 20 heteroatoms. The van der Waals surface area contributed by atoms with E-state index in [0.29, 0.717) is 6.42 Å². The van der Waals surface area contributed by atoms with Crippen molar-refractivity contribution in [1.82, 2.24) is 0 Å². The molecule has 0 bridgehead atoms. The van der Waals surface area contributed by atoms with Crippen LogP contribution in [-0.4, -0.2) is 211 Å². The fourth-order valence-electron chi connectivity index (χ4n) is 8.48. The maximum Gasteiger partial charge on any atom is 0.187 e. The summed E-state index contributed by atoms with van der Waals surface area (Å²) in [7, 11) is 0. The molecule has 20 nitrogen and oxygen atoms in total. The summed E-state index contributed by atoms with van der Waals surface area (Å²) in [5, 5.41) is 120. The monoisotopic (exact) mass is 830 g/mol. The summed E-state index contributed by atoms with van der Waals surface area (Å²) in [6, 6.07) is 0. The van der Waals surface area contributed by atoms with Crippen LogP contribution in [0.25, 0.3) is 0 Å². The normalized spacial score (nSPS) is 52.5. The highest BCUT2D eigenvalue weighted by Crippen LogP contribution is 2.38. The molecule has 5 aliphatic rings. The summed E-state index contributed by atoms with van der Waals surface area (Å²) in [5.74, 6) is -1.34. The molecule has 25 atom stereocenters. The van der Waals surface area contributed by atoms with E-state index in [1.807, 2.05) is 6.92 Å². The van der Waals surface area contributed by atoms with E-state index in [1.165, 1.54) is 6.92 Å². The van der Waals surface area contributed by atoms with Crippen molar-refractivity contribution < 1.29 is 98.8 Å². The zero-order valence-electron chi connectivity index (χ0n) is 33.3. The van der Waals surface area contributed by atoms with Crippen LogP contribution in [0, 0.1) is 11.8 Å². The molecule has 57 heavy (non-hydrogen) atoms. The number of rotatable bonds is 14. The minimum atomic E-state index is -1.77. The van der Waals surface area contributed by atoms with Gasteiger partial charge in [0.15, 0.2) is 25.2 Å². The largest absolute Gasteiger partial charge is 0.394 e. The molecule has 0 radical (unpaired) electrons. The Kier molecular flexibility index (Phi) is 16.9. The molecule has 5 aliphatic heterocycles. The molecule has 5 fully saturated rings. The van der Waals surface area contributed by atoms with Gasteiger partial charge in [-0.25, -0.2) is 0 Å². The zero-order valence-corrected chi connectivity index (χ0v) is 33.3. The van der Waals surface area contributed by atoms with Crippen LogP contribution in [0.3, 0.4) is 0 Å². The number of aliphatic hydroxyl groups is 11.